The molecule has 0 unspecified atom stereocenters. The molecule has 0 aliphatic carbocycles. The van der Waals surface area contributed by atoms with Crippen LogP contribution in [0.15, 0.2) is 57.9 Å². The molecule has 1 N–H and O–H groups in total. The van der Waals surface area contributed by atoms with Crippen LogP contribution >= 0.6 is 23.2 Å². The molecule has 0 fully saturated rings. The fourth-order valence-corrected chi connectivity index (χ4v) is 3.69. The Morgan fingerprint density at radius 2 is 1.67 bits per heavy atom. The summed E-state index contributed by atoms with van der Waals surface area (Å²) in [4.78, 5) is 4.12. The average Bonchev–Trinajstić information content (AvgIpc) is 3.02. The number of hydrogen-bond donors (Lipinski definition) is 1. The zero-order valence-electron chi connectivity index (χ0n) is 12.1. The maximum atomic E-state index is 12.3. The molecule has 0 spiro atoms. The predicted octanol–water partition coefficient (Wildman–Crippen LogP) is 3.52. The average molecular weight is 384 g/mol. The molecule has 0 radical (unpaired) electrons. The largest absolute Gasteiger partial charge is 0.338 e. The van der Waals surface area contributed by atoms with E-state index in [0.29, 0.717) is 10.6 Å². The lowest BCUT2D eigenvalue weighted by Crippen LogP contribution is -2.23. The van der Waals surface area contributed by atoms with Gasteiger partial charge in [-0.3, -0.25) is 0 Å². The van der Waals surface area contributed by atoms with Crippen LogP contribution < -0.4 is 4.72 Å². The summed E-state index contributed by atoms with van der Waals surface area (Å²) in [6.07, 6.45) is 0. The Hall–Kier alpha value is -1.93. The molecule has 6 nitrogen and oxygen atoms in total. The second kappa shape index (κ2) is 6.90. The Morgan fingerprint density at radius 3 is 2.38 bits per heavy atom. The van der Waals surface area contributed by atoms with E-state index in [1.807, 2.05) is 0 Å². The molecule has 0 aliphatic rings. The summed E-state index contributed by atoms with van der Waals surface area (Å²) < 4.78 is 31.9. The summed E-state index contributed by atoms with van der Waals surface area (Å²) in [6.45, 7) is -0.162. The smallest absolute Gasteiger partial charge is 0.242 e. The number of rotatable bonds is 5. The van der Waals surface area contributed by atoms with Gasteiger partial charge in [0.15, 0.2) is 0 Å². The predicted molar refractivity (Wildman–Crippen MR) is 90.2 cm³/mol. The van der Waals surface area contributed by atoms with Gasteiger partial charge >= 0.3 is 0 Å². The van der Waals surface area contributed by atoms with E-state index in [9.17, 15) is 8.42 Å². The molecule has 0 amide bonds. The number of nitrogens with zero attached hydrogens (tertiary/aromatic N) is 2. The summed E-state index contributed by atoms with van der Waals surface area (Å²) in [6, 6.07) is 13.2. The van der Waals surface area contributed by atoms with Gasteiger partial charge in [0.25, 0.3) is 0 Å². The second-order valence-corrected chi connectivity index (χ2v) is 7.30. The summed E-state index contributed by atoms with van der Waals surface area (Å²) in [7, 11) is -3.79. The van der Waals surface area contributed by atoms with Gasteiger partial charge in [0.1, 0.15) is 4.90 Å². The summed E-state index contributed by atoms with van der Waals surface area (Å²) in [5.74, 6) is 0.396. The monoisotopic (exact) mass is 383 g/mol. The third-order valence-electron chi connectivity index (χ3n) is 3.12. The minimum Gasteiger partial charge on any atom is -0.338 e. The van der Waals surface area contributed by atoms with Crippen LogP contribution in [0.25, 0.3) is 11.4 Å². The van der Waals surface area contributed by atoms with E-state index in [1.54, 1.807) is 36.4 Å². The van der Waals surface area contributed by atoms with E-state index >= 15 is 0 Å². The second-order valence-electron chi connectivity index (χ2n) is 4.75. The first-order chi connectivity index (χ1) is 11.5. The zero-order chi connectivity index (χ0) is 17.2. The van der Waals surface area contributed by atoms with Crippen molar-refractivity contribution < 1.29 is 12.9 Å². The zero-order valence-corrected chi connectivity index (χ0v) is 14.4. The van der Waals surface area contributed by atoms with Crippen molar-refractivity contribution in [2.24, 2.45) is 0 Å². The highest BCUT2D eigenvalue weighted by Crippen LogP contribution is 2.25. The van der Waals surface area contributed by atoms with Crippen molar-refractivity contribution in [1.82, 2.24) is 14.9 Å². The van der Waals surface area contributed by atoms with Gasteiger partial charge < -0.3 is 4.52 Å². The third kappa shape index (κ3) is 3.59. The lowest BCUT2D eigenvalue weighted by Gasteiger charge is -2.05. The van der Waals surface area contributed by atoms with E-state index in [0.717, 1.165) is 0 Å². The fraction of sp³-hybridized carbons (Fsp3) is 0.0667. The first-order valence-electron chi connectivity index (χ1n) is 6.79. The van der Waals surface area contributed by atoms with Gasteiger partial charge in [-0.25, -0.2) is 13.1 Å². The van der Waals surface area contributed by atoms with E-state index in [-0.39, 0.29) is 28.2 Å². The Morgan fingerprint density at radius 1 is 1.00 bits per heavy atom. The number of halogens is 2. The van der Waals surface area contributed by atoms with Crippen molar-refractivity contribution in [3.63, 3.8) is 0 Å². The van der Waals surface area contributed by atoms with Crippen molar-refractivity contribution in [3.8, 4) is 11.4 Å². The Balaban J connectivity index is 1.77. The van der Waals surface area contributed by atoms with E-state index in [4.69, 9.17) is 27.7 Å². The van der Waals surface area contributed by atoms with Crippen LogP contribution in [-0.2, 0) is 16.6 Å². The molecule has 1 heterocycles. The SMILES string of the molecule is O=S(=O)(NCc1nc(-c2ccccc2Cl)no1)c1ccccc1Cl. The molecule has 0 atom stereocenters. The summed E-state index contributed by atoms with van der Waals surface area (Å²) >= 11 is 12.0. The van der Waals surface area contributed by atoms with Gasteiger partial charge in [-0.15, -0.1) is 0 Å². The van der Waals surface area contributed by atoms with E-state index < -0.39 is 10.0 Å². The van der Waals surface area contributed by atoms with Crippen LogP contribution in [0.4, 0.5) is 0 Å². The lowest BCUT2D eigenvalue weighted by molar-refractivity contribution is 0.376. The van der Waals surface area contributed by atoms with Crippen molar-refractivity contribution in [2.45, 2.75) is 11.4 Å². The molecular formula is C15H11Cl2N3O3S. The van der Waals surface area contributed by atoms with Gasteiger partial charge in [-0.2, -0.15) is 4.98 Å². The van der Waals surface area contributed by atoms with Crippen molar-refractivity contribution in [2.75, 3.05) is 0 Å². The normalized spacial score (nSPS) is 11.6. The number of hydrogen-bond acceptors (Lipinski definition) is 5. The van der Waals surface area contributed by atoms with E-state index in [2.05, 4.69) is 14.9 Å². The minimum absolute atomic E-state index is 0.0162. The fourth-order valence-electron chi connectivity index (χ4n) is 1.98. The third-order valence-corrected chi connectivity index (χ3v) is 5.35. The number of aromatic nitrogens is 2. The molecule has 1 aromatic heterocycles. The molecule has 9 heteroatoms. The number of nitrogens with one attached hydrogen (secondary N) is 1. The number of benzene rings is 2. The Kier molecular flexibility index (Phi) is 4.86. The van der Waals surface area contributed by atoms with Gasteiger partial charge in [0.05, 0.1) is 16.6 Å². The highest BCUT2D eigenvalue weighted by atomic mass is 35.5. The van der Waals surface area contributed by atoms with Crippen molar-refractivity contribution in [3.05, 3.63) is 64.5 Å². The van der Waals surface area contributed by atoms with Crippen LogP contribution in [0, 0.1) is 0 Å². The quantitative estimate of drug-likeness (QED) is 0.728. The summed E-state index contributed by atoms with van der Waals surface area (Å²) in [5, 5.41) is 4.41. The Bertz CT molecular complexity index is 973. The molecule has 0 bridgehead atoms. The molecule has 0 saturated carbocycles. The van der Waals surface area contributed by atoms with Gasteiger partial charge in [-0.1, -0.05) is 52.6 Å². The Labute approximate surface area is 148 Å². The molecule has 3 rings (SSSR count). The van der Waals surface area contributed by atoms with Crippen molar-refractivity contribution in [1.29, 1.82) is 0 Å². The standard InChI is InChI=1S/C15H11Cl2N3O3S/c16-11-6-2-1-5-10(11)15-19-14(23-20-15)9-18-24(21,22)13-8-4-3-7-12(13)17/h1-8,18H,9H2. The molecule has 0 aliphatic heterocycles. The van der Waals surface area contributed by atoms with Crippen molar-refractivity contribution >= 4 is 33.2 Å². The molecule has 124 valence electrons. The maximum Gasteiger partial charge on any atom is 0.242 e. The molecule has 2 aromatic carbocycles. The molecule has 3 aromatic rings. The van der Waals surface area contributed by atoms with Crippen LogP contribution in [0.3, 0.4) is 0 Å². The topological polar surface area (TPSA) is 85.1 Å². The van der Waals surface area contributed by atoms with Crippen LogP contribution in [-0.4, -0.2) is 18.6 Å². The maximum absolute atomic E-state index is 12.3. The van der Waals surface area contributed by atoms with Gasteiger partial charge in [0, 0.05) is 5.56 Å². The highest BCUT2D eigenvalue weighted by molar-refractivity contribution is 7.89. The molecule has 0 saturated heterocycles. The highest BCUT2D eigenvalue weighted by Gasteiger charge is 2.19. The van der Waals surface area contributed by atoms with Crippen LogP contribution in [0.1, 0.15) is 5.89 Å². The number of sulfonamides is 1. The molecule has 24 heavy (non-hydrogen) atoms. The van der Waals surface area contributed by atoms with Gasteiger partial charge in [-0.05, 0) is 24.3 Å². The van der Waals surface area contributed by atoms with Crippen LogP contribution in [0.5, 0.6) is 0 Å². The first-order valence-corrected chi connectivity index (χ1v) is 9.03. The summed E-state index contributed by atoms with van der Waals surface area (Å²) in [5.41, 5.74) is 0.600. The molecular weight excluding hydrogens is 373 g/mol. The first kappa shape index (κ1) is 16.9. The lowest BCUT2D eigenvalue weighted by atomic mass is 10.2. The van der Waals surface area contributed by atoms with Crippen LogP contribution in [0.2, 0.25) is 10.0 Å². The van der Waals surface area contributed by atoms with E-state index in [1.165, 1.54) is 12.1 Å². The minimum atomic E-state index is -3.79. The van der Waals surface area contributed by atoms with Gasteiger partial charge in [0.2, 0.25) is 21.7 Å².